The molecular weight excluding hydrogens is 334 g/mol. The quantitative estimate of drug-likeness (QED) is 0.351. The number of nitrogen functional groups attached to an aromatic ring is 1. The third-order valence-corrected chi connectivity index (χ3v) is 4.47. The number of hydrazine groups is 1. The van der Waals surface area contributed by atoms with Crippen LogP contribution in [0.25, 0.3) is 10.8 Å². The summed E-state index contributed by atoms with van der Waals surface area (Å²) in [7, 11) is 0. The van der Waals surface area contributed by atoms with Crippen molar-refractivity contribution in [3.05, 3.63) is 22.6 Å². The van der Waals surface area contributed by atoms with Crippen molar-refractivity contribution in [3.8, 4) is 0 Å². The largest absolute Gasteiger partial charge is 0.383 e. The fraction of sp³-hybridized carbons (Fsp3) is 0.462. The van der Waals surface area contributed by atoms with Gasteiger partial charge in [-0.15, -0.1) is 0 Å². The van der Waals surface area contributed by atoms with Gasteiger partial charge < -0.3 is 10.6 Å². The molecule has 0 saturated carbocycles. The van der Waals surface area contributed by atoms with Gasteiger partial charge in [-0.05, 0) is 24.8 Å². The highest BCUT2D eigenvalue weighted by atomic mass is 32.2. The normalized spacial score (nSPS) is 17.3. The summed E-state index contributed by atoms with van der Waals surface area (Å²) in [6.07, 6.45) is 3.40. The Labute approximate surface area is 140 Å². The third kappa shape index (κ3) is 3.70. The maximum atomic E-state index is 11.8. The SMILES string of the molecule is Nc1nc(N2CCC(CNNS(=O)O)CC2)cc2cn[nH]c(=O)c12. The number of anilines is 2. The number of piperidine rings is 1. The van der Waals surface area contributed by atoms with Crippen LogP contribution in [-0.4, -0.2) is 43.6 Å². The standard InChI is InChI=1S/C13H19N7O3S/c14-12-11-9(7-15-18-13(11)21)5-10(17-12)20-3-1-8(2-4-20)6-16-19-24(22)23/h5,7-8,16,19H,1-4,6H2,(H2,14,17)(H,18,21)(H,22,23). The number of aromatic amines is 1. The van der Waals surface area contributed by atoms with Crippen LogP contribution in [-0.2, 0) is 11.3 Å². The Balaban J connectivity index is 1.67. The molecule has 0 bridgehead atoms. The summed E-state index contributed by atoms with van der Waals surface area (Å²) in [6, 6.07) is 1.82. The number of hydrogen-bond donors (Lipinski definition) is 5. The minimum absolute atomic E-state index is 0.199. The van der Waals surface area contributed by atoms with Crippen molar-refractivity contribution in [3.63, 3.8) is 0 Å². The number of rotatable bonds is 5. The van der Waals surface area contributed by atoms with Crippen molar-refractivity contribution in [2.45, 2.75) is 12.8 Å². The number of fused-ring (bicyclic) bond motifs is 1. The molecule has 1 unspecified atom stereocenters. The molecule has 130 valence electrons. The maximum Gasteiger partial charge on any atom is 0.275 e. The molecule has 3 heterocycles. The van der Waals surface area contributed by atoms with E-state index >= 15 is 0 Å². The summed E-state index contributed by atoms with van der Waals surface area (Å²) in [6.45, 7) is 2.21. The second kappa shape index (κ2) is 7.21. The van der Waals surface area contributed by atoms with E-state index in [2.05, 4.69) is 30.3 Å². The molecule has 0 aliphatic carbocycles. The van der Waals surface area contributed by atoms with E-state index in [0.29, 0.717) is 23.2 Å². The van der Waals surface area contributed by atoms with Crippen LogP contribution in [0.4, 0.5) is 11.6 Å². The van der Waals surface area contributed by atoms with Crippen molar-refractivity contribution in [1.82, 2.24) is 25.4 Å². The Morgan fingerprint density at radius 1 is 1.46 bits per heavy atom. The first-order valence-electron chi connectivity index (χ1n) is 7.53. The lowest BCUT2D eigenvalue weighted by Gasteiger charge is -2.33. The maximum absolute atomic E-state index is 11.8. The van der Waals surface area contributed by atoms with E-state index in [1.54, 1.807) is 6.20 Å². The number of pyridine rings is 1. The van der Waals surface area contributed by atoms with Crippen LogP contribution >= 0.6 is 0 Å². The second-order valence-electron chi connectivity index (χ2n) is 5.69. The van der Waals surface area contributed by atoms with Crippen molar-refractivity contribution < 1.29 is 8.76 Å². The Morgan fingerprint density at radius 2 is 2.21 bits per heavy atom. The summed E-state index contributed by atoms with van der Waals surface area (Å²) in [4.78, 5) is 20.5. The molecule has 1 aliphatic rings. The molecule has 0 amide bonds. The van der Waals surface area contributed by atoms with E-state index < -0.39 is 11.3 Å². The molecule has 6 N–H and O–H groups in total. The molecule has 0 spiro atoms. The van der Waals surface area contributed by atoms with Gasteiger partial charge >= 0.3 is 0 Å². The van der Waals surface area contributed by atoms with Gasteiger partial charge in [0, 0.05) is 25.0 Å². The van der Waals surface area contributed by atoms with Gasteiger partial charge in [-0.3, -0.25) is 9.35 Å². The van der Waals surface area contributed by atoms with Crippen molar-refractivity contribution in [1.29, 1.82) is 0 Å². The molecular formula is C13H19N7O3S. The topological polar surface area (TPSA) is 149 Å². The monoisotopic (exact) mass is 353 g/mol. The van der Waals surface area contributed by atoms with Crippen molar-refractivity contribution >= 4 is 33.7 Å². The fourth-order valence-electron chi connectivity index (χ4n) is 2.91. The molecule has 3 rings (SSSR count). The average Bonchev–Trinajstić information content (AvgIpc) is 2.55. The minimum Gasteiger partial charge on any atom is -0.383 e. The van der Waals surface area contributed by atoms with Crippen LogP contribution in [0.1, 0.15) is 12.8 Å². The predicted molar refractivity (Wildman–Crippen MR) is 91.4 cm³/mol. The van der Waals surface area contributed by atoms with Crippen LogP contribution in [0.3, 0.4) is 0 Å². The van der Waals surface area contributed by atoms with Gasteiger partial charge in [0.25, 0.3) is 5.56 Å². The number of nitrogens with one attached hydrogen (secondary N) is 3. The van der Waals surface area contributed by atoms with Gasteiger partial charge in [0.05, 0.1) is 11.6 Å². The number of nitrogens with two attached hydrogens (primary N) is 1. The number of H-pyrrole nitrogens is 1. The minimum atomic E-state index is -2.05. The first-order valence-corrected chi connectivity index (χ1v) is 8.63. The number of aromatic nitrogens is 3. The Hall–Kier alpha value is -2.08. The van der Waals surface area contributed by atoms with E-state index in [4.69, 9.17) is 10.3 Å². The van der Waals surface area contributed by atoms with Gasteiger partial charge in [-0.25, -0.2) is 19.7 Å². The highest BCUT2D eigenvalue weighted by Gasteiger charge is 2.21. The van der Waals surface area contributed by atoms with E-state index in [9.17, 15) is 9.00 Å². The van der Waals surface area contributed by atoms with Crippen LogP contribution in [0.2, 0.25) is 0 Å². The summed E-state index contributed by atoms with van der Waals surface area (Å²) in [5.74, 6) is 1.33. The number of nitrogens with zero attached hydrogens (tertiary/aromatic N) is 3. The highest BCUT2D eigenvalue weighted by Crippen LogP contribution is 2.25. The van der Waals surface area contributed by atoms with Crippen LogP contribution in [0.5, 0.6) is 0 Å². The van der Waals surface area contributed by atoms with Gasteiger partial charge in [-0.1, -0.05) is 0 Å². The predicted octanol–water partition coefficient (Wildman–Crippen LogP) is -0.652. The average molecular weight is 353 g/mol. The first kappa shape index (κ1) is 16.8. The molecule has 24 heavy (non-hydrogen) atoms. The van der Waals surface area contributed by atoms with E-state index in [0.717, 1.165) is 31.7 Å². The zero-order valence-corrected chi connectivity index (χ0v) is 13.7. The molecule has 1 atom stereocenters. The van der Waals surface area contributed by atoms with E-state index in [1.165, 1.54) is 0 Å². The second-order valence-corrected chi connectivity index (χ2v) is 6.39. The summed E-state index contributed by atoms with van der Waals surface area (Å²) in [5.41, 5.74) is 8.33. The lowest BCUT2D eigenvalue weighted by molar-refractivity contribution is 0.374. The third-order valence-electron chi connectivity index (χ3n) is 4.15. The molecule has 11 heteroatoms. The van der Waals surface area contributed by atoms with Gasteiger partial charge in [0.2, 0.25) is 11.3 Å². The van der Waals surface area contributed by atoms with Gasteiger partial charge in [0.1, 0.15) is 11.6 Å². The molecule has 0 aromatic carbocycles. The summed E-state index contributed by atoms with van der Waals surface area (Å²) >= 11 is -2.05. The van der Waals surface area contributed by atoms with Crippen LogP contribution in [0, 0.1) is 5.92 Å². The molecule has 2 aromatic rings. The zero-order chi connectivity index (χ0) is 17.1. The Bertz CT molecular complexity index is 804. The van der Waals surface area contributed by atoms with Crippen molar-refractivity contribution in [2.24, 2.45) is 5.92 Å². The van der Waals surface area contributed by atoms with Crippen LogP contribution < -0.4 is 26.4 Å². The van der Waals surface area contributed by atoms with Gasteiger partial charge in [-0.2, -0.15) is 9.93 Å². The van der Waals surface area contributed by atoms with E-state index in [-0.39, 0.29) is 11.4 Å². The zero-order valence-electron chi connectivity index (χ0n) is 12.9. The molecule has 10 nitrogen and oxygen atoms in total. The van der Waals surface area contributed by atoms with E-state index in [1.807, 2.05) is 6.07 Å². The lowest BCUT2D eigenvalue weighted by atomic mass is 9.97. The molecule has 1 saturated heterocycles. The summed E-state index contributed by atoms with van der Waals surface area (Å²) in [5, 5.41) is 7.18. The molecule has 1 fully saturated rings. The smallest absolute Gasteiger partial charge is 0.275 e. The highest BCUT2D eigenvalue weighted by molar-refractivity contribution is 7.77. The molecule has 1 aliphatic heterocycles. The Kier molecular flexibility index (Phi) is 5.04. The lowest BCUT2D eigenvalue weighted by Crippen LogP contribution is -2.41. The molecule has 2 aromatic heterocycles. The van der Waals surface area contributed by atoms with Crippen LogP contribution in [0.15, 0.2) is 17.1 Å². The first-order chi connectivity index (χ1) is 11.5. The van der Waals surface area contributed by atoms with Crippen molar-refractivity contribution in [2.75, 3.05) is 30.3 Å². The molecule has 0 radical (unpaired) electrons. The fourth-order valence-corrected chi connectivity index (χ4v) is 3.12. The van der Waals surface area contributed by atoms with Gasteiger partial charge in [0.15, 0.2) is 0 Å². The summed E-state index contributed by atoms with van der Waals surface area (Å²) < 4.78 is 19.2. The number of hydrogen-bond acceptors (Lipinski definition) is 7. The Morgan fingerprint density at radius 3 is 2.92 bits per heavy atom.